The Bertz CT molecular complexity index is 373. The van der Waals surface area contributed by atoms with Crippen LogP contribution in [0, 0.1) is 6.92 Å². The van der Waals surface area contributed by atoms with Crippen molar-refractivity contribution in [1.29, 1.82) is 0 Å². The van der Waals surface area contributed by atoms with E-state index in [1.54, 1.807) is 0 Å². The Morgan fingerprint density at radius 2 is 1.89 bits per heavy atom. The van der Waals surface area contributed by atoms with Crippen LogP contribution in [0.4, 0.5) is 0 Å². The molecule has 1 aliphatic rings. The first kappa shape index (κ1) is 14.9. The Hall–Kier alpha value is -0.470. The highest BCUT2D eigenvalue weighted by Gasteiger charge is 2.26. The maximum Gasteiger partial charge on any atom is 0.0320 e. The Kier molecular flexibility index (Phi) is 5.77. The monoisotopic (exact) mass is 277 g/mol. The van der Waals surface area contributed by atoms with Gasteiger partial charge in [-0.2, -0.15) is 11.8 Å². The first-order chi connectivity index (χ1) is 9.24. The van der Waals surface area contributed by atoms with Crippen molar-refractivity contribution in [3.63, 3.8) is 0 Å². The second kappa shape index (κ2) is 7.35. The Morgan fingerprint density at radius 3 is 2.53 bits per heavy atom. The molecule has 0 aromatic heterocycles. The van der Waals surface area contributed by atoms with E-state index in [0.717, 1.165) is 5.25 Å². The minimum atomic E-state index is 0.512. The predicted molar refractivity (Wildman–Crippen MR) is 86.9 cm³/mol. The first-order valence-electron chi connectivity index (χ1n) is 7.60. The summed E-state index contributed by atoms with van der Waals surface area (Å²) in [5.74, 6) is 0. The van der Waals surface area contributed by atoms with Gasteiger partial charge in [-0.25, -0.2) is 0 Å². The molecule has 0 aliphatic heterocycles. The Labute approximate surface area is 122 Å². The van der Waals surface area contributed by atoms with Crippen LogP contribution in [-0.4, -0.2) is 17.5 Å². The highest BCUT2D eigenvalue weighted by atomic mass is 32.2. The molecule has 106 valence electrons. The molecule has 1 N–H and O–H groups in total. The van der Waals surface area contributed by atoms with Crippen molar-refractivity contribution in [2.75, 3.05) is 6.26 Å². The Morgan fingerprint density at radius 1 is 1.21 bits per heavy atom. The summed E-state index contributed by atoms with van der Waals surface area (Å²) in [5, 5.41) is 4.72. The first-order valence-corrected chi connectivity index (χ1v) is 8.88. The van der Waals surface area contributed by atoms with Gasteiger partial charge < -0.3 is 5.32 Å². The lowest BCUT2D eigenvalue weighted by molar-refractivity contribution is 0.343. The maximum absolute atomic E-state index is 3.92. The summed E-state index contributed by atoms with van der Waals surface area (Å²) in [6.07, 6.45) is 8.94. The lowest BCUT2D eigenvalue weighted by atomic mass is 9.92. The van der Waals surface area contributed by atoms with Crippen molar-refractivity contribution in [2.24, 2.45) is 0 Å². The van der Waals surface area contributed by atoms with Crippen molar-refractivity contribution in [2.45, 2.75) is 63.3 Å². The summed E-state index contributed by atoms with van der Waals surface area (Å²) in [5.41, 5.74) is 2.79. The van der Waals surface area contributed by atoms with Crippen molar-refractivity contribution in [3.05, 3.63) is 35.4 Å². The summed E-state index contributed by atoms with van der Waals surface area (Å²) in [7, 11) is 0. The van der Waals surface area contributed by atoms with Crippen molar-refractivity contribution in [1.82, 2.24) is 5.32 Å². The molecule has 0 spiro atoms. The zero-order chi connectivity index (χ0) is 13.7. The summed E-state index contributed by atoms with van der Waals surface area (Å²) in [4.78, 5) is 0. The van der Waals surface area contributed by atoms with Crippen LogP contribution in [0.25, 0.3) is 0 Å². The van der Waals surface area contributed by atoms with E-state index in [-0.39, 0.29) is 0 Å². The van der Waals surface area contributed by atoms with Crippen LogP contribution in [0.3, 0.4) is 0 Å². The fourth-order valence-corrected chi connectivity index (χ4v) is 4.02. The third-order valence-electron chi connectivity index (χ3n) is 4.31. The van der Waals surface area contributed by atoms with E-state index in [1.165, 1.54) is 43.2 Å². The van der Waals surface area contributed by atoms with Crippen molar-refractivity contribution >= 4 is 11.8 Å². The molecule has 1 aromatic carbocycles. The molecule has 1 aromatic rings. The van der Waals surface area contributed by atoms with Crippen molar-refractivity contribution < 1.29 is 0 Å². The SMILES string of the molecule is CCC(NC1CCCCC1SC)c1ccc(C)cc1. The van der Waals surface area contributed by atoms with Crippen LogP contribution >= 0.6 is 11.8 Å². The number of benzene rings is 1. The summed E-state index contributed by atoms with van der Waals surface area (Å²) in [6.45, 7) is 4.44. The number of nitrogens with one attached hydrogen (secondary N) is 1. The van der Waals surface area contributed by atoms with E-state index in [9.17, 15) is 0 Å². The van der Waals surface area contributed by atoms with Gasteiger partial charge in [0, 0.05) is 17.3 Å². The normalized spacial score (nSPS) is 25.2. The fourth-order valence-electron chi connectivity index (χ4n) is 3.08. The average molecular weight is 277 g/mol. The maximum atomic E-state index is 3.92. The van der Waals surface area contributed by atoms with E-state index in [0.29, 0.717) is 12.1 Å². The van der Waals surface area contributed by atoms with E-state index in [1.807, 2.05) is 11.8 Å². The molecule has 1 fully saturated rings. The number of hydrogen-bond donors (Lipinski definition) is 1. The van der Waals surface area contributed by atoms with Gasteiger partial charge in [0.15, 0.2) is 0 Å². The molecule has 0 bridgehead atoms. The minimum Gasteiger partial charge on any atom is -0.306 e. The van der Waals surface area contributed by atoms with E-state index in [2.05, 4.69) is 49.7 Å². The number of aryl methyl sites for hydroxylation is 1. The lowest BCUT2D eigenvalue weighted by Gasteiger charge is -2.34. The molecule has 0 heterocycles. The van der Waals surface area contributed by atoms with Gasteiger partial charge in [0.25, 0.3) is 0 Å². The van der Waals surface area contributed by atoms with Crippen molar-refractivity contribution in [3.8, 4) is 0 Å². The quantitative estimate of drug-likeness (QED) is 0.836. The third-order valence-corrected chi connectivity index (χ3v) is 5.48. The third kappa shape index (κ3) is 4.00. The molecule has 2 rings (SSSR count). The van der Waals surface area contributed by atoms with Gasteiger partial charge in [-0.05, 0) is 38.0 Å². The molecule has 3 unspecified atom stereocenters. The molecule has 1 nitrogen and oxygen atoms in total. The largest absolute Gasteiger partial charge is 0.306 e. The van der Waals surface area contributed by atoms with Gasteiger partial charge in [0.05, 0.1) is 0 Å². The van der Waals surface area contributed by atoms with Crippen LogP contribution in [0.5, 0.6) is 0 Å². The van der Waals surface area contributed by atoms with Crippen LogP contribution < -0.4 is 5.32 Å². The van der Waals surface area contributed by atoms with E-state index >= 15 is 0 Å². The number of hydrogen-bond acceptors (Lipinski definition) is 2. The highest BCUT2D eigenvalue weighted by molar-refractivity contribution is 7.99. The molecule has 0 radical (unpaired) electrons. The van der Waals surface area contributed by atoms with E-state index < -0.39 is 0 Å². The van der Waals surface area contributed by atoms with Gasteiger partial charge in [-0.1, -0.05) is 49.6 Å². The summed E-state index contributed by atoms with van der Waals surface area (Å²) in [6, 6.07) is 10.2. The van der Waals surface area contributed by atoms with E-state index in [4.69, 9.17) is 0 Å². The molecule has 0 saturated heterocycles. The van der Waals surface area contributed by atoms with Crippen LogP contribution in [0.1, 0.15) is 56.2 Å². The van der Waals surface area contributed by atoms with Gasteiger partial charge in [-0.3, -0.25) is 0 Å². The van der Waals surface area contributed by atoms with Gasteiger partial charge in [0.2, 0.25) is 0 Å². The second-order valence-electron chi connectivity index (χ2n) is 5.70. The molecule has 19 heavy (non-hydrogen) atoms. The zero-order valence-electron chi connectivity index (χ0n) is 12.5. The fraction of sp³-hybridized carbons (Fsp3) is 0.647. The smallest absolute Gasteiger partial charge is 0.0320 e. The molecular weight excluding hydrogens is 250 g/mol. The molecule has 0 amide bonds. The molecular formula is C17H27NS. The standard InChI is InChI=1S/C17H27NS/c1-4-15(14-11-9-13(2)10-12-14)18-16-7-5-6-8-17(16)19-3/h9-12,15-18H,4-8H2,1-3H3. The van der Waals surface area contributed by atoms with Crippen LogP contribution in [-0.2, 0) is 0 Å². The predicted octanol–water partition coefficient (Wildman–Crippen LogP) is 4.71. The summed E-state index contributed by atoms with van der Waals surface area (Å²) >= 11 is 2.04. The summed E-state index contributed by atoms with van der Waals surface area (Å²) < 4.78 is 0. The second-order valence-corrected chi connectivity index (χ2v) is 6.78. The molecule has 1 aliphatic carbocycles. The zero-order valence-corrected chi connectivity index (χ0v) is 13.3. The van der Waals surface area contributed by atoms with Gasteiger partial charge >= 0.3 is 0 Å². The minimum absolute atomic E-state index is 0.512. The van der Waals surface area contributed by atoms with Crippen LogP contribution in [0.15, 0.2) is 24.3 Å². The Balaban J connectivity index is 2.03. The number of rotatable bonds is 5. The topological polar surface area (TPSA) is 12.0 Å². The lowest BCUT2D eigenvalue weighted by Crippen LogP contribution is -2.42. The average Bonchev–Trinajstić information content (AvgIpc) is 2.46. The van der Waals surface area contributed by atoms with Crippen LogP contribution in [0.2, 0.25) is 0 Å². The molecule has 2 heteroatoms. The van der Waals surface area contributed by atoms with Gasteiger partial charge in [0.1, 0.15) is 0 Å². The highest BCUT2D eigenvalue weighted by Crippen LogP contribution is 2.29. The molecule has 3 atom stereocenters. The van der Waals surface area contributed by atoms with Gasteiger partial charge in [-0.15, -0.1) is 0 Å². The molecule has 1 saturated carbocycles. The number of thioether (sulfide) groups is 1.